The maximum absolute atomic E-state index is 13.9. The number of morpholine rings is 1. The van der Waals surface area contributed by atoms with Crippen molar-refractivity contribution in [3.63, 3.8) is 0 Å². The van der Waals surface area contributed by atoms with E-state index in [9.17, 15) is 4.39 Å². The van der Waals surface area contributed by atoms with Crippen molar-refractivity contribution >= 4 is 11.5 Å². The molecule has 2 rings (SSSR count). The summed E-state index contributed by atoms with van der Waals surface area (Å²) in [6.45, 7) is 3.96. The smallest absolute Gasteiger partial charge is 0.175 e. The van der Waals surface area contributed by atoms with Crippen LogP contribution >= 0.6 is 0 Å². The zero-order valence-corrected chi connectivity index (χ0v) is 10.8. The van der Waals surface area contributed by atoms with Crippen LogP contribution in [0.25, 0.3) is 0 Å². The summed E-state index contributed by atoms with van der Waals surface area (Å²) in [6, 6.07) is 4.69. The van der Waals surface area contributed by atoms with Crippen LogP contribution in [0.4, 0.5) is 10.1 Å². The van der Waals surface area contributed by atoms with E-state index in [0.717, 1.165) is 6.42 Å². The van der Waals surface area contributed by atoms with Crippen LogP contribution in [0.1, 0.15) is 18.9 Å². The van der Waals surface area contributed by atoms with E-state index in [1.165, 1.54) is 6.07 Å². The minimum absolute atomic E-state index is 0.122. The number of ether oxygens (including phenoxy) is 1. The van der Waals surface area contributed by atoms with Crippen molar-refractivity contribution in [3.05, 3.63) is 29.6 Å². The highest BCUT2D eigenvalue weighted by atomic mass is 19.1. The fourth-order valence-corrected chi connectivity index (χ4v) is 2.26. The van der Waals surface area contributed by atoms with E-state index in [0.29, 0.717) is 25.4 Å². The number of amidine groups is 1. The summed E-state index contributed by atoms with van der Waals surface area (Å²) in [5.41, 5.74) is 6.35. The predicted molar refractivity (Wildman–Crippen MR) is 71.2 cm³/mol. The van der Waals surface area contributed by atoms with Crippen molar-refractivity contribution in [2.75, 3.05) is 24.6 Å². The molecule has 1 aliphatic heterocycles. The molecule has 0 spiro atoms. The number of hydrogen-bond donors (Lipinski definition) is 2. The largest absolute Gasteiger partial charge is 0.409 e. The Bertz CT molecular complexity index is 479. The van der Waals surface area contributed by atoms with E-state index in [2.05, 4.69) is 5.16 Å². The summed E-state index contributed by atoms with van der Waals surface area (Å²) in [5.74, 6) is -0.708. The van der Waals surface area contributed by atoms with Gasteiger partial charge in [0.15, 0.2) is 5.84 Å². The van der Waals surface area contributed by atoms with Crippen LogP contribution in [0.15, 0.2) is 23.4 Å². The minimum Gasteiger partial charge on any atom is -0.409 e. The molecule has 0 amide bonds. The lowest BCUT2D eigenvalue weighted by atomic mass is 10.1. The molecule has 1 aliphatic rings. The van der Waals surface area contributed by atoms with Gasteiger partial charge < -0.3 is 20.6 Å². The van der Waals surface area contributed by atoms with Crippen LogP contribution in [0.2, 0.25) is 0 Å². The van der Waals surface area contributed by atoms with Gasteiger partial charge in [0, 0.05) is 13.1 Å². The van der Waals surface area contributed by atoms with Crippen molar-refractivity contribution < 1.29 is 14.3 Å². The Balaban J connectivity index is 2.36. The molecule has 1 fully saturated rings. The van der Waals surface area contributed by atoms with Crippen molar-refractivity contribution in [1.29, 1.82) is 0 Å². The molecule has 3 N–H and O–H groups in total. The fourth-order valence-electron chi connectivity index (χ4n) is 2.26. The topological polar surface area (TPSA) is 71.1 Å². The van der Waals surface area contributed by atoms with Crippen molar-refractivity contribution in [2.24, 2.45) is 10.9 Å². The number of halogens is 1. The lowest BCUT2D eigenvalue weighted by molar-refractivity contribution is 0.0384. The Hall–Kier alpha value is -1.82. The molecule has 0 saturated carbocycles. The van der Waals surface area contributed by atoms with Crippen LogP contribution in [0.3, 0.4) is 0 Å². The van der Waals surface area contributed by atoms with Crippen molar-refractivity contribution in [1.82, 2.24) is 0 Å². The van der Waals surface area contributed by atoms with E-state index in [-0.39, 0.29) is 17.5 Å². The highest BCUT2D eigenvalue weighted by Gasteiger charge is 2.23. The molecule has 1 aromatic rings. The molecule has 0 radical (unpaired) electrons. The molecule has 104 valence electrons. The third kappa shape index (κ3) is 2.78. The van der Waals surface area contributed by atoms with Gasteiger partial charge >= 0.3 is 0 Å². The Kier molecular flexibility index (Phi) is 4.21. The first kappa shape index (κ1) is 13.6. The number of nitrogens with two attached hydrogens (primary N) is 1. The molecule has 19 heavy (non-hydrogen) atoms. The second-order valence-electron chi connectivity index (χ2n) is 4.47. The number of benzene rings is 1. The molecule has 0 aromatic heterocycles. The predicted octanol–water partition coefficient (Wildman–Crippen LogP) is 1.54. The monoisotopic (exact) mass is 267 g/mol. The quantitative estimate of drug-likeness (QED) is 0.377. The number of oxime groups is 1. The van der Waals surface area contributed by atoms with Crippen LogP contribution in [0, 0.1) is 5.82 Å². The van der Waals surface area contributed by atoms with Gasteiger partial charge in [-0.05, 0) is 18.6 Å². The summed E-state index contributed by atoms with van der Waals surface area (Å²) < 4.78 is 19.5. The number of nitrogens with zero attached hydrogens (tertiary/aromatic N) is 2. The zero-order chi connectivity index (χ0) is 13.8. The van der Waals surface area contributed by atoms with Gasteiger partial charge in [0.2, 0.25) is 0 Å². The molecule has 6 heteroatoms. The van der Waals surface area contributed by atoms with Crippen LogP contribution in [0.5, 0.6) is 0 Å². The molecule has 1 heterocycles. The summed E-state index contributed by atoms with van der Waals surface area (Å²) in [4.78, 5) is 2.01. The van der Waals surface area contributed by atoms with Crippen molar-refractivity contribution in [2.45, 2.75) is 19.4 Å². The first-order valence-electron chi connectivity index (χ1n) is 6.30. The molecule has 0 aliphatic carbocycles. The molecule has 1 unspecified atom stereocenters. The number of anilines is 1. The average Bonchev–Trinajstić information content (AvgIpc) is 2.46. The molecule has 0 bridgehead atoms. The molecule has 1 atom stereocenters. The maximum atomic E-state index is 13.9. The van der Waals surface area contributed by atoms with Crippen molar-refractivity contribution in [3.8, 4) is 0 Å². The lowest BCUT2D eigenvalue weighted by Crippen LogP contribution is -2.43. The van der Waals surface area contributed by atoms with E-state index >= 15 is 0 Å². The number of rotatable bonds is 3. The van der Waals surface area contributed by atoms with E-state index in [4.69, 9.17) is 15.7 Å². The van der Waals surface area contributed by atoms with Crippen LogP contribution < -0.4 is 10.6 Å². The van der Waals surface area contributed by atoms with Gasteiger partial charge in [0.25, 0.3) is 0 Å². The summed E-state index contributed by atoms with van der Waals surface area (Å²) in [5, 5.41) is 11.7. The molecular formula is C13H18FN3O2. The zero-order valence-electron chi connectivity index (χ0n) is 10.8. The third-order valence-corrected chi connectivity index (χ3v) is 3.29. The van der Waals surface area contributed by atoms with Crippen LogP contribution in [-0.4, -0.2) is 36.8 Å². The van der Waals surface area contributed by atoms with E-state index in [1.807, 2.05) is 11.8 Å². The number of hydrogen-bond acceptors (Lipinski definition) is 4. The third-order valence-electron chi connectivity index (χ3n) is 3.29. The molecule has 1 aromatic carbocycles. The fraction of sp³-hybridized carbons (Fsp3) is 0.462. The van der Waals surface area contributed by atoms with Gasteiger partial charge in [0.1, 0.15) is 5.82 Å². The SMILES string of the molecule is CCC1CN(c2cccc(F)c2C(N)=NO)CCO1. The normalized spacial score (nSPS) is 20.6. The second-order valence-corrected chi connectivity index (χ2v) is 4.47. The first-order valence-corrected chi connectivity index (χ1v) is 6.30. The molecular weight excluding hydrogens is 249 g/mol. The van der Waals surface area contributed by atoms with Gasteiger partial charge in [-0.25, -0.2) is 4.39 Å². The van der Waals surface area contributed by atoms with Crippen LogP contribution in [-0.2, 0) is 4.74 Å². The van der Waals surface area contributed by atoms with Gasteiger partial charge in [-0.3, -0.25) is 0 Å². The highest BCUT2D eigenvalue weighted by molar-refractivity contribution is 6.02. The summed E-state index contributed by atoms with van der Waals surface area (Å²) in [7, 11) is 0. The lowest BCUT2D eigenvalue weighted by Gasteiger charge is -2.35. The molecule has 1 saturated heterocycles. The summed E-state index contributed by atoms with van der Waals surface area (Å²) >= 11 is 0. The van der Waals surface area contributed by atoms with Gasteiger partial charge in [0.05, 0.1) is 24.0 Å². The Morgan fingerprint density at radius 2 is 2.42 bits per heavy atom. The first-order chi connectivity index (χ1) is 9.17. The minimum atomic E-state index is -0.493. The Morgan fingerprint density at radius 3 is 3.11 bits per heavy atom. The van der Waals surface area contributed by atoms with Gasteiger partial charge in [-0.2, -0.15) is 0 Å². The molecule has 5 nitrogen and oxygen atoms in total. The highest BCUT2D eigenvalue weighted by Crippen LogP contribution is 2.25. The van der Waals surface area contributed by atoms with E-state index < -0.39 is 5.82 Å². The Labute approximate surface area is 111 Å². The standard InChI is InChI=1S/C13H18FN3O2/c1-2-9-8-17(6-7-19-9)11-5-3-4-10(14)12(11)13(15)16-18/h3-5,9,18H,2,6-8H2,1H3,(H2,15,16). The average molecular weight is 267 g/mol. The van der Waals surface area contributed by atoms with E-state index in [1.54, 1.807) is 12.1 Å². The summed E-state index contributed by atoms with van der Waals surface area (Å²) in [6.07, 6.45) is 1.02. The van der Waals surface area contributed by atoms with Gasteiger partial charge in [-0.15, -0.1) is 0 Å². The maximum Gasteiger partial charge on any atom is 0.175 e. The van der Waals surface area contributed by atoms with Gasteiger partial charge in [-0.1, -0.05) is 18.1 Å². The Morgan fingerprint density at radius 1 is 1.63 bits per heavy atom. The second kappa shape index (κ2) is 5.88.